The van der Waals surface area contributed by atoms with E-state index in [0.29, 0.717) is 12.8 Å². The molecule has 0 heterocycles. The van der Waals surface area contributed by atoms with Crippen LogP contribution in [0.2, 0.25) is 0 Å². The fourth-order valence-corrected chi connectivity index (χ4v) is 2.71. The van der Waals surface area contributed by atoms with Crippen LogP contribution in [0.4, 0.5) is 4.79 Å². The number of alkyl carbamates (subject to hydrolysis) is 1. The summed E-state index contributed by atoms with van der Waals surface area (Å²) in [7, 11) is 0. The summed E-state index contributed by atoms with van der Waals surface area (Å²) < 4.78 is 10.7. The fourth-order valence-electron chi connectivity index (χ4n) is 2.71. The van der Waals surface area contributed by atoms with Gasteiger partial charge in [0.15, 0.2) is 0 Å². The average Bonchev–Trinajstić information content (AvgIpc) is 2.80. The number of ether oxygens (including phenoxy) is 2. The van der Waals surface area contributed by atoms with Crippen molar-refractivity contribution in [2.45, 2.75) is 84.1 Å². The maximum absolute atomic E-state index is 12.6. The lowest BCUT2D eigenvalue weighted by molar-refractivity contribution is -0.159. The molecule has 3 atom stereocenters. The number of nitrogens with zero attached hydrogens (tertiary/aromatic N) is 3. The van der Waals surface area contributed by atoms with Gasteiger partial charge < -0.3 is 14.8 Å². The number of esters is 1. The highest BCUT2D eigenvalue weighted by Gasteiger charge is 2.40. The molecular formula is C16H28N4O4. The highest BCUT2D eigenvalue weighted by molar-refractivity contribution is 5.82. The van der Waals surface area contributed by atoms with Gasteiger partial charge in [-0.05, 0) is 65.8 Å². The first-order valence-corrected chi connectivity index (χ1v) is 8.19. The van der Waals surface area contributed by atoms with Gasteiger partial charge in [0.1, 0.15) is 17.2 Å². The van der Waals surface area contributed by atoms with Crippen LogP contribution in [-0.2, 0) is 14.3 Å². The Balaban J connectivity index is 2.96. The minimum Gasteiger partial charge on any atom is -0.458 e. The Morgan fingerprint density at radius 2 is 1.71 bits per heavy atom. The molecule has 0 unspecified atom stereocenters. The van der Waals surface area contributed by atoms with Crippen LogP contribution in [0.5, 0.6) is 0 Å². The molecule has 8 nitrogen and oxygen atoms in total. The molecule has 0 spiro atoms. The molecule has 1 fully saturated rings. The Hall–Kier alpha value is -1.95. The van der Waals surface area contributed by atoms with Crippen LogP contribution in [-0.4, -0.2) is 35.3 Å². The standard InChI is InChI=1S/C16H28N4O4/c1-15(2,3)23-13(21)12(18-14(22)24-16(4,5)6)10-8-7-9-11(10)19-20-17/h10-12H,7-9H2,1-6H3,(H,18,22)/t10-,11+,12+/m1/s1. The zero-order valence-corrected chi connectivity index (χ0v) is 15.3. The van der Waals surface area contributed by atoms with Crippen LogP contribution < -0.4 is 5.32 Å². The van der Waals surface area contributed by atoms with E-state index < -0.39 is 29.3 Å². The molecule has 0 saturated heterocycles. The quantitative estimate of drug-likeness (QED) is 0.364. The topological polar surface area (TPSA) is 113 Å². The Bertz CT molecular complexity index is 515. The molecule has 1 N–H and O–H groups in total. The molecule has 1 aliphatic rings. The van der Waals surface area contributed by atoms with Crippen LogP contribution in [0.3, 0.4) is 0 Å². The van der Waals surface area contributed by atoms with Crippen molar-refractivity contribution in [3.63, 3.8) is 0 Å². The predicted octanol–water partition coefficient (Wildman–Crippen LogP) is 3.70. The summed E-state index contributed by atoms with van der Waals surface area (Å²) in [6, 6.07) is -1.25. The van der Waals surface area contributed by atoms with Crippen molar-refractivity contribution < 1.29 is 19.1 Å². The average molecular weight is 340 g/mol. The Labute approximate surface area is 142 Å². The molecular weight excluding hydrogens is 312 g/mol. The maximum Gasteiger partial charge on any atom is 0.408 e. The third-order valence-corrected chi connectivity index (χ3v) is 3.49. The highest BCUT2D eigenvalue weighted by atomic mass is 16.6. The van der Waals surface area contributed by atoms with E-state index in [1.165, 1.54) is 0 Å². The largest absolute Gasteiger partial charge is 0.458 e. The van der Waals surface area contributed by atoms with Crippen molar-refractivity contribution >= 4 is 12.1 Å². The summed E-state index contributed by atoms with van der Waals surface area (Å²) in [5.41, 5.74) is 7.36. The minimum atomic E-state index is -0.905. The molecule has 0 aromatic carbocycles. The van der Waals surface area contributed by atoms with Crippen molar-refractivity contribution in [1.29, 1.82) is 0 Å². The summed E-state index contributed by atoms with van der Waals surface area (Å²) in [4.78, 5) is 27.5. The van der Waals surface area contributed by atoms with Crippen LogP contribution >= 0.6 is 0 Å². The van der Waals surface area contributed by atoms with E-state index in [4.69, 9.17) is 15.0 Å². The Kier molecular flexibility index (Phi) is 6.49. The maximum atomic E-state index is 12.6. The summed E-state index contributed by atoms with van der Waals surface area (Å²) >= 11 is 0. The summed E-state index contributed by atoms with van der Waals surface area (Å²) in [5, 5.41) is 6.37. The van der Waals surface area contributed by atoms with Crippen LogP contribution in [0.15, 0.2) is 5.11 Å². The number of nitrogens with one attached hydrogen (secondary N) is 1. The van der Waals surface area contributed by atoms with Gasteiger partial charge in [0, 0.05) is 11.0 Å². The molecule has 136 valence electrons. The molecule has 0 bridgehead atoms. The molecule has 0 radical (unpaired) electrons. The number of hydrogen-bond acceptors (Lipinski definition) is 5. The van der Waals surface area contributed by atoms with Crippen molar-refractivity contribution in [2.75, 3.05) is 0 Å². The van der Waals surface area contributed by atoms with Crippen LogP contribution in [0.25, 0.3) is 10.4 Å². The van der Waals surface area contributed by atoms with Gasteiger partial charge in [0.25, 0.3) is 0 Å². The fraction of sp³-hybridized carbons (Fsp3) is 0.875. The van der Waals surface area contributed by atoms with Gasteiger partial charge in [-0.1, -0.05) is 11.5 Å². The number of carbonyl (C=O) groups is 2. The number of hydrogen-bond donors (Lipinski definition) is 1. The highest BCUT2D eigenvalue weighted by Crippen LogP contribution is 2.32. The smallest absolute Gasteiger partial charge is 0.408 e. The SMILES string of the molecule is CC(C)(C)OC(=O)N[C@H](C(=O)OC(C)(C)C)[C@@H]1CCC[C@@H]1N=[N+]=[N-]. The van der Waals surface area contributed by atoms with Crippen molar-refractivity contribution in [2.24, 2.45) is 11.0 Å². The normalized spacial score (nSPS) is 22.2. The molecule has 24 heavy (non-hydrogen) atoms. The van der Waals surface area contributed by atoms with Gasteiger partial charge in [-0.25, -0.2) is 9.59 Å². The molecule has 0 aliphatic heterocycles. The monoisotopic (exact) mass is 340 g/mol. The number of amides is 1. The second-order valence-corrected chi connectivity index (χ2v) is 8.02. The summed E-state index contributed by atoms with van der Waals surface area (Å²) in [5.74, 6) is -0.846. The second kappa shape index (κ2) is 7.75. The molecule has 1 aliphatic carbocycles. The van der Waals surface area contributed by atoms with E-state index in [2.05, 4.69) is 15.3 Å². The van der Waals surface area contributed by atoms with Gasteiger partial charge >= 0.3 is 12.1 Å². The van der Waals surface area contributed by atoms with E-state index in [9.17, 15) is 9.59 Å². The first kappa shape index (κ1) is 20.1. The lowest BCUT2D eigenvalue weighted by atomic mass is 9.94. The van der Waals surface area contributed by atoms with E-state index in [1.807, 2.05) is 0 Å². The van der Waals surface area contributed by atoms with E-state index in [1.54, 1.807) is 41.5 Å². The van der Waals surface area contributed by atoms with Crippen molar-refractivity contribution in [3.8, 4) is 0 Å². The van der Waals surface area contributed by atoms with Crippen molar-refractivity contribution in [1.82, 2.24) is 5.32 Å². The van der Waals surface area contributed by atoms with Gasteiger partial charge in [-0.2, -0.15) is 0 Å². The van der Waals surface area contributed by atoms with Gasteiger partial charge in [0.05, 0.1) is 0 Å². The third-order valence-electron chi connectivity index (χ3n) is 3.49. The lowest BCUT2D eigenvalue weighted by Gasteiger charge is -2.30. The van der Waals surface area contributed by atoms with E-state index >= 15 is 0 Å². The molecule has 1 rings (SSSR count). The molecule has 0 aromatic rings. The van der Waals surface area contributed by atoms with Crippen LogP contribution in [0.1, 0.15) is 60.8 Å². The number of carbonyl (C=O) groups excluding carboxylic acids is 2. The van der Waals surface area contributed by atoms with E-state index in [0.717, 1.165) is 6.42 Å². The second-order valence-electron chi connectivity index (χ2n) is 8.02. The first-order valence-electron chi connectivity index (χ1n) is 8.19. The first-order chi connectivity index (χ1) is 10.9. The van der Waals surface area contributed by atoms with Crippen LogP contribution in [0, 0.1) is 5.92 Å². The van der Waals surface area contributed by atoms with Crippen molar-refractivity contribution in [3.05, 3.63) is 10.4 Å². The summed E-state index contributed by atoms with van der Waals surface area (Å²) in [6.07, 6.45) is 1.49. The zero-order valence-electron chi connectivity index (χ0n) is 15.3. The number of rotatable bonds is 4. The molecule has 1 amide bonds. The summed E-state index contributed by atoms with van der Waals surface area (Å²) in [6.45, 7) is 10.5. The Morgan fingerprint density at radius 1 is 1.12 bits per heavy atom. The third kappa shape index (κ3) is 6.66. The van der Waals surface area contributed by atoms with E-state index in [-0.39, 0.29) is 12.0 Å². The predicted molar refractivity (Wildman–Crippen MR) is 89.3 cm³/mol. The van der Waals surface area contributed by atoms with Gasteiger partial charge in [-0.15, -0.1) is 0 Å². The lowest BCUT2D eigenvalue weighted by Crippen LogP contribution is -2.51. The molecule has 1 saturated carbocycles. The minimum absolute atomic E-state index is 0.303. The molecule has 0 aromatic heterocycles. The Morgan fingerprint density at radius 3 is 2.21 bits per heavy atom. The van der Waals surface area contributed by atoms with Gasteiger partial charge in [0.2, 0.25) is 0 Å². The molecule has 8 heteroatoms. The number of azide groups is 1. The zero-order chi connectivity index (χ0) is 18.5. The van der Waals surface area contributed by atoms with Gasteiger partial charge in [-0.3, -0.25) is 0 Å².